The van der Waals surface area contributed by atoms with Crippen molar-refractivity contribution in [2.24, 2.45) is 0 Å². The topological polar surface area (TPSA) is 49.2 Å². The van der Waals surface area contributed by atoms with Crippen LogP contribution in [0, 0.1) is 13.8 Å². The molecule has 0 aromatic carbocycles. The van der Waals surface area contributed by atoms with Gasteiger partial charge in [-0.05, 0) is 33.2 Å². The molecule has 0 radical (unpaired) electrons. The quantitative estimate of drug-likeness (QED) is 0.808. The number of fused-ring (bicyclic) bond motifs is 1. The standard InChI is InChI=1S/C16H21N5S/c1-11-8-17-15(18-11)13-4-3-5-20(9-13)10-14-12(2)19-16-21(14)6-7-22-16/h6-8,13H,3-5,9-10H2,1-2H3,(H,17,18)/t13-/m0/s1. The number of aromatic nitrogens is 4. The Labute approximate surface area is 134 Å². The Kier molecular flexibility index (Phi) is 3.50. The number of imidazole rings is 2. The zero-order chi connectivity index (χ0) is 15.1. The summed E-state index contributed by atoms with van der Waals surface area (Å²) in [6, 6.07) is 0. The van der Waals surface area contributed by atoms with Crippen LogP contribution in [0.25, 0.3) is 4.96 Å². The highest BCUT2D eigenvalue weighted by molar-refractivity contribution is 7.15. The van der Waals surface area contributed by atoms with E-state index in [2.05, 4.69) is 49.7 Å². The number of likely N-dealkylation sites (tertiary alicyclic amines) is 1. The van der Waals surface area contributed by atoms with Crippen molar-refractivity contribution in [3.63, 3.8) is 0 Å². The van der Waals surface area contributed by atoms with Crippen LogP contribution in [0.15, 0.2) is 17.8 Å². The number of rotatable bonds is 3. The smallest absolute Gasteiger partial charge is 0.194 e. The van der Waals surface area contributed by atoms with Crippen molar-refractivity contribution >= 4 is 16.3 Å². The van der Waals surface area contributed by atoms with Gasteiger partial charge in [-0.2, -0.15) is 0 Å². The third kappa shape index (κ3) is 2.46. The van der Waals surface area contributed by atoms with E-state index in [1.54, 1.807) is 11.3 Å². The summed E-state index contributed by atoms with van der Waals surface area (Å²) in [5, 5.41) is 2.11. The van der Waals surface area contributed by atoms with Crippen LogP contribution in [0.2, 0.25) is 0 Å². The highest BCUT2D eigenvalue weighted by Gasteiger charge is 2.24. The Morgan fingerprint density at radius 3 is 3.14 bits per heavy atom. The number of nitrogens with zero attached hydrogens (tertiary/aromatic N) is 4. The zero-order valence-electron chi connectivity index (χ0n) is 13.0. The van der Waals surface area contributed by atoms with Gasteiger partial charge in [0.25, 0.3) is 0 Å². The summed E-state index contributed by atoms with van der Waals surface area (Å²) in [5.74, 6) is 1.67. The molecule has 4 heterocycles. The first-order valence-electron chi connectivity index (χ1n) is 7.85. The van der Waals surface area contributed by atoms with E-state index in [-0.39, 0.29) is 0 Å². The molecule has 5 nitrogen and oxygen atoms in total. The first-order chi connectivity index (χ1) is 10.7. The Balaban J connectivity index is 1.53. The number of thiazole rings is 1. The van der Waals surface area contributed by atoms with Gasteiger partial charge in [-0.15, -0.1) is 11.3 Å². The molecule has 116 valence electrons. The van der Waals surface area contributed by atoms with E-state index in [1.165, 1.54) is 18.5 Å². The first kappa shape index (κ1) is 14.0. The lowest BCUT2D eigenvalue weighted by Crippen LogP contribution is -2.34. The fraction of sp³-hybridized carbons (Fsp3) is 0.500. The SMILES string of the molecule is Cc1cnc([C@H]2CCCN(Cc3c(C)nc4sccn34)C2)[nH]1. The molecule has 1 saturated heterocycles. The van der Waals surface area contributed by atoms with E-state index in [4.69, 9.17) is 0 Å². The second-order valence-electron chi connectivity index (χ2n) is 6.23. The number of nitrogens with one attached hydrogen (secondary N) is 1. The summed E-state index contributed by atoms with van der Waals surface area (Å²) in [6.45, 7) is 7.39. The Morgan fingerprint density at radius 2 is 2.32 bits per heavy atom. The summed E-state index contributed by atoms with van der Waals surface area (Å²) >= 11 is 1.70. The Bertz CT molecular complexity index is 784. The van der Waals surface area contributed by atoms with Gasteiger partial charge in [-0.1, -0.05) is 0 Å². The average Bonchev–Trinajstić information content (AvgIpc) is 3.19. The first-order valence-corrected chi connectivity index (χ1v) is 8.73. The zero-order valence-corrected chi connectivity index (χ0v) is 13.9. The number of hydrogen-bond donors (Lipinski definition) is 1. The van der Waals surface area contributed by atoms with Gasteiger partial charge >= 0.3 is 0 Å². The molecule has 0 bridgehead atoms. The van der Waals surface area contributed by atoms with Gasteiger partial charge < -0.3 is 4.98 Å². The second kappa shape index (κ2) is 5.52. The van der Waals surface area contributed by atoms with Gasteiger partial charge in [0.05, 0.1) is 11.4 Å². The van der Waals surface area contributed by atoms with E-state index in [0.717, 1.165) is 41.8 Å². The normalized spacial score (nSPS) is 20.0. The van der Waals surface area contributed by atoms with Crippen LogP contribution in [0.5, 0.6) is 0 Å². The lowest BCUT2D eigenvalue weighted by molar-refractivity contribution is 0.194. The van der Waals surface area contributed by atoms with Crippen LogP contribution in [-0.4, -0.2) is 37.3 Å². The molecule has 0 saturated carbocycles. The molecule has 1 aliphatic heterocycles. The number of hydrogen-bond acceptors (Lipinski definition) is 4. The van der Waals surface area contributed by atoms with Crippen molar-refractivity contribution in [1.82, 2.24) is 24.3 Å². The van der Waals surface area contributed by atoms with Crippen molar-refractivity contribution in [3.8, 4) is 0 Å². The highest BCUT2D eigenvalue weighted by atomic mass is 32.1. The summed E-state index contributed by atoms with van der Waals surface area (Å²) in [7, 11) is 0. The molecule has 0 unspecified atom stereocenters. The Hall–Kier alpha value is -1.66. The van der Waals surface area contributed by atoms with Gasteiger partial charge in [-0.25, -0.2) is 9.97 Å². The van der Waals surface area contributed by atoms with Gasteiger partial charge in [0, 0.05) is 42.5 Å². The molecule has 3 aromatic rings. The minimum absolute atomic E-state index is 0.522. The number of aromatic amines is 1. The molecule has 1 aliphatic rings. The van der Waals surface area contributed by atoms with E-state index < -0.39 is 0 Å². The molecule has 0 amide bonds. The van der Waals surface area contributed by atoms with E-state index in [1.807, 2.05) is 6.20 Å². The van der Waals surface area contributed by atoms with Crippen LogP contribution in [0.4, 0.5) is 0 Å². The highest BCUT2D eigenvalue weighted by Crippen LogP contribution is 2.27. The van der Waals surface area contributed by atoms with Crippen LogP contribution in [0.1, 0.15) is 41.7 Å². The number of aryl methyl sites for hydroxylation is 2. The minimum atomic E-state index is 0.522. The molecule has 1 N–H and O–H groups in total. The van der Waals surface area contributed by atoms with Crippen molar-refractivity contribution in [1.29, 1.82) is 0 Å². The second-order valence-corrected chi connectivity index (χ2v) is 7.10. The van der Waals surface area contributed by atoms with Gasteiger partial charge in [0.2, 0.25) is 0 Å². The van der Waals surface area contributed by atoms with Gasteiger partial charge in [-0.3, -0.25) is 9.30 Å². The van der Waals surface area contributed by atoms with Crippen LogP contribution >= 0.6 is 11.3 Å². The monoisotopic (exact) mass is 315 g/mol. The minimum Gasteiger partial charge on any atom is -0.346 e. The molecule has 22 heavy (non-hydrogen) atoms. The van der Waals surface area contributed by atoms with E-state index in [9.17, 15) is 0 Å². The predicted octanol–water partition coefficient (Wildman–Crippen LogP) is 3.12. The lowest BCUT2D eigenvalue weighted by Gasteiger charge is -2.31. The molecule has 1 fully saturated rings. The maximum Gasteiger partial charge on any atom is 0.194 e. The molecule has 4 rings (SSSR count). The van der Waals surface area contributed by atoms with E-state index >= 15 is 0 Å². The predicted molar refractivity (Wildman–Crippen MR) is 88.4 cm³/mol. The Morgan fingerprint density at radius 1 is 1.41 bits per heavy atom. The van der Waals surface area contributed by atoms with Crippen LogP contribution in [0.3, 0.4) is 0 Å². The maximum atomic E-state index is 4.66. The fourth-order valence-electron chi connectivity index (χ4n) is 3.41. The third-order valence-corrected chi connectivity index (χ3v) is 5.31. The molecule has 0 aliphatic carbocycles. The molecule has 0 spiro atoms. The van der Waals surface area contributed by atoms with Crippen LogP contribution < -0.4 is 0 Å². The van der Waals surface area contributed by atoms with Crippen molar-refractivity contribution in [2.45, 2.75) is 39.2 Å². The molecule has 6 heteroatoms. The van der Waals surface area contributed by atoms with Gasteiger partial charge in [0.15, 0.2) is 4.96 Å². The van der Waals surface area contributed by atoms with Crippen molar-refractivity contribution < 1.29 is 0 Å². The largest absolute Gasteiger partial charge is 0.346 e. The van der Waals surface area contributed by atoms with Crippen LogP contribution in [-0.2, 0) is 6.54 Å². The summed E-state index contributed by atoms with van der Waals surface area (Å²) in [4.78, 5) is 16.2. The summed E-state index contributed by atoms with van der Waals surface area (Å²) in [6.07, 6.45) is 6.52. The number of H-pyrrole nitrogens is 1. The van der Waals surface area contributed by atoms with E-state index in [0.29, 0.717) is 5.92 Å². The number of piperidine rings is 1. The fourth-order valence-corrected chi connectivity index (χ4v) is 4.18. The maximum absolute atomic E-state index is 4.66. The molecular weight excluding hydrogens is 294 g/mol. The average molecular weight is 315 g/mol. The molecular formula is C16H21N5S. The third-order valence-electron chi connectivity index (χ3n) is 4.55. The van der Waals surface area contributed by atoms with Crippen molar-refractivity contribution in [2.75, 3.05) is 13.1 Å². The van der Waals surface area contributed by atoms with Crippen molar-refractivity contribution in [3.05, 3.63) is 40.7 Å². The molecule has 3 aromatic heterocycles. The molecule has 1 atom stereocenters. The lowest BCUT2D eigenvalue weighted by atomic mass is 9.97. The summed E-state index contributed by atoms with van der Waals surface area (Å²) < 4.78 is 2.24. The summed E-state index contributed by atoms with van der Waals surface area (Å²) in [5.41, 5.74) is 3.63. The van der Waals surface area contributed by atoms with Gasteiger partial charge in [0.1, 0.15) is 5.82 Å².